The minimum atomic E-state index is -2.83. The van der Waals surface area contributed by atoms with E-state index in [9.17, 15) is 9.90 Å². The lowest BCUT2D eigenvalue weighted by atomic mass is 10.0. The second-order valence-corrected chi connectivity index (χ2v) is 7.06. The van der Waals surface area contributed by atoms with Gasteiger partial charge >= 0.3 is 0 Å². The number of aliphatic hydroxyl groups is 1. The molecule has 1 amide bonds. The van der Waals surface area contributed by atoms with Crippen LogP contribution in [0.2, 0.25) is 0 Å². The summed E-state index contributed by atoms with van der Waals surface area (Å²) in [5.74, 6) is -1.33. The molecular weight excluding hydrogens is 382 g/mol. The summed E-state index contributed by atoms with van der Waals surface area (Å²) in [6.45, 7) is 1.46. The number of nitrogens with zero attached hydrogens (tertiary/aromatic N) is 1. The quantitative estimate of drug-likeness (QED) is 0.439. The van der Waals surface area contributed by atoms with Crippen molar-refractivity contribution >= 4 is 28.1 Å². The summed E-state index contributed by atoms with van der Waals surface area (Å²) in [6, 6.07) is -3.14. The molecule has 29 heavy (non-hydrogen) atoms. The number of hydrogen-bond acceptors (Lipinski definition) is 5. The third kappa shape index (κ3) is 6.69. The van der Waals surface area contributed by atoms with Crippen LogP contribution in [0.25, 0.3) is 0 Å². The lowest BCUT2D eigenvalue weighted by molar-refractivity contribution is -0.115. The molecule has 4 N–H and O–H groups in total. The average molecular weight is 421 g/mol. The summed E-state index contributed by atoms with van der Waals surface area (Å²) in [4.78, 5) is 16.4. The number of benzene rings is 2. The van der Waals surface area contributed by atoms with E-state index in [2.05, 4.69) is 10.3 Å². The molecule has 0 saturated heterocycles. The van der Waals surface area contributed by atoms with Crippen molar-refractivity contribution in [2.45, 2.75) is 45.1 Å². The van der Waals surface area contributed by atoms with Gasteiger partial charge in [0.2, 0.25) is 5.91 Å². The van der Waals surface area contributed by atoms with Crippen molar-refractivity contribution < 1.29 is 25.0 Å². The second-order valence-electron chi connectivity index (χ2n) is 6.24. The predicted molar refractivity (Wildman–Crippen MR) is 119 cm³/mol. The summed E-state index contributed by atoms with van der Waals surface area (Å²) < 4.78 is 89.1. The third-order valence-electron chi connectivity index (χ3n) is 3.88. The Balaban J connectivity index is 1.75. The van der Waals surface area contributed by atoms with Crippen LogP contribution in [0, 0.1) is 6.92 Å². The minimum Gasteiger partial charge on any atom is -0.388 e. The number of carbonyl (C=O) groups excluding carboxylic acids is 1. The molecule has 6 heteroatoms. The highest BCUT2D eigenvalue weighted by molar-refractivity contribution is 7.13. The molecule has 0 radical (unpaired) electrons. The van der Waals surface area contributed by atoms with E-state index < -0.39 is 53.9 Å². The summed E-state index contributed by atoms with van der Waals surface area (Å²) in [6.07, 6.45) is -3.36. The van der Waals surface area contributed by atoms with E-state index in [1.165, 1.54) is 6.92 Å². The van der Waals surface area contributed by atoms with Crippen molar-refractivity contribution in [3.05, 3.63) is 76.1 Å². The Morgan fingerprint density at radius 2 is 1.97 bits per heavy atom. The normalized spacial score (nSPS) is 17.8. The van der Waals surface area contributed by atoms with Crippen LogP contribution in [-0.4, -0.2) is 16.0 Å². The van der Waals surface area contributed by atoms with Crippen molar-refractivity contribution in [2.75, 3.05) is 11.1 Å². The summed E-state index contributed by atoms with van der Waals surface area (Å²) >= 11 is 0.674. The van der Waals surface area contributed by atoms with Crippen LogP contribution in [0.4, 0.5) is 10.8 Å². The van der Waals surface area contributed by atoms with Gasteiger partial charge in [0.05, 0.1) is 30.5 Å². The Morgan fingerprint density at radius 1 is 1.24 bits per heavy atom. The first-order valence-electron chi connectivity index (χ1n) is 14.4. The van der Waals surface area contributed by atoms with Gasteiger partial charge in [-0.25, -0.2) is 4.98 Å². The summed E-state index contributed by atoms with van der Waals surface area (Å²) in [5, 5.41) is 12.2. The Bertz CT molecular complexity index is 1420. The highest BCUT2D eigenvalue weighted by Crippen LogP contribution is 2.21. The van der Waals surface area contributed by atoms with E-state index in [1.807, 2.05) is 0 Å². The van der Waals surface area contributed by atoms with E-state index in [-0.39, 0.29) is 64.2 Å². The molecule has 1 atom stereocenters. The van der Waals surface area contributed by atoms with Crippen molar-refractivity contribution in [1.29, 1.82) is 0 Å². The first kappa shape index (κ1) is 10.9. The van der Waals surface area contributed by atoms with Crippen LogP contribution in [0.15, 0.2) is 53.7 Å². The van der Waals surface area contributed by atoms with Crippen LogP contribution in [-0.2, 0) is 17.6 Å². The zero-order valence-corrected chi connectivity index (χ0v) is 16.5. The second kappa shape index (κ2) is 10.2. The Hall–Kier alpha value is -2.70. The summed E-state index contributed by atoms with van der Waals surface area (Å²) in [7, 11) is 0. The molecule has 0 spiro atoms. The molecule has 0 aliphatic carbocycles. The Kier molecular flexibility index (Phi) is 3.83. The van der Waals surface area contributed by atoms with Gasteiger partial charge in [0.1, 0.15) is 0 Å². The number of nitrogens with two attached hydrogens (primary N) is 1. The largest absolute Gasteiger partial charge is 0.388 e. The number of aromatic nitrogens is 1. The molecule has 0 aliphatic heterocycles. The number of anilines is 2. The van der Waals surface area contributed by atoms with Gasteiger partial charge < -0.3 is 16.2 Å². The van der Waals surface area contributed by atoms with Crippen LogP contribution < -0.4 is 11.1 Å². The monoisotopic (exact) mass is 420 g/mol. The highest BCUT2D eigenvalue weighted by atomic mass is 32.1. The number of unbranched alkanes of at least 4 members (excludes halogenated alkanes) is 1. The van der Waals surface area contributed by atoms with Crippen molar-refractivity contribution in [1.82, 2.24) is 4.98 Å². The van der Waals surface area contributed by atoms with E-state index in [0.29, 0.717) is 24.2 Å². The van der Waals surface area contributed by atoms with Gasteiger partial charge in [-0.05, 0) is 49.4 Å². The first-order chi connectivity index (χ1) is 18.5. The lowest BCUT2D eigenvalue weighted by Gasteiger charge is -2.11. The van der Waals surface area contributed by atoms with E-state index in [4.69, 9.17) is 20.8 Å². The number of nitrogen functional groups attached to an aromatic ring is 1. The fraction of sp³-hybridized carbons (Fsp3) is 0.304. The maximum atomic E-state index is 12.7. The number of thiazole rings is 1. The first-order valence-corrected chi connectivity index (χ1v) is 9.72. The van der Waals surface area contributed by atoms with Crippen LogP contribution in [0.5, 0.6) is 0 Å². The maximum absolute atomic E-state index is 12.7. The van der Waals surface area contributed by atoms with Gasteiger partial charge in [-0.15, -0.1) is 11.3 Å². The van der Waals surface area contributed by atoms with Gasteiger partial charge in [0.25, 0.3) is 0 Å². The van der Waals surface area contributed by atoms with Crippen molar-refractivity contribution in [3.63, 3.8) is 0 Å². The van der Waals surface area contributed by atoms with Gasteiger partial charge in [-0.3, -0.25) is 4.79 Å². The molecule has 0 saturated carbocycles. The van der Waals surface area contributed by atoms with E-state index >= 15 is 0 Å². The van der Waals surface area contributed by atoms with E-state index in [0.717, 1.165) is 0 Å². The SMILES string of the molecule is [2H]c1sc(N)nc1C([2H])([2H])C(=O)Nc1c([2H])c([2H])c(CCCC[C@H](O)c2c([2H])c([2H])c(C)c([2H])c2[2H])c([2H])c1[2H]. The molecule has 0 fully saturated rings. The molecular formula is C23H27N3O2S. The molecule has 5 nitrogen and oxygen atoms in total. The number of rotatable bonds is 9. The number of aliphatic hydroxyl groups excluding tert-OH is 1. The number of amides is 1. The summed E-state index contributed by atoms with van der Waals surface area (Å²) in [5.41, 5.74) is 4.56. The molecule has 3 rings (SSSR count). The molecule has 3 aromatic rings. The van der Waals surface area contributed by atoms with Gasteiger partial charge in [-0.1, -0.05) is 48.2 Å². The van der Waals surface area contributed by atoms with Crippen molar-refractivity contribution in [2.24, 2.45) is 0 Å². The van der Waals surface area contributed by atoms with E-state index in [1.54, 1.807) is 0 Å². The van der Waals surface area contributed by atoms with Gasteiger partial charge in [0.15, 0.2) is 5.13 Å². The molecule has 1 heterocycles. The topological polar surface area (TPSA) is 88.2 Å². The van der Waals surface area contributed by atoms with Crippen LogP contribution in [0.1, 0.15) is 62.8 Å². The van der Waals surface area contributed by atoms with Crippen LogP contribution >= 0.6 is 11.3 Å². The highest BCUT2D eigenvalue weighted by Gasteiger charge is 2.08. The fourth-order valence-corrected chi connectivity index (χ4v) is 2.86. The third-order valence-corrected chi connectivity index (χ3v) is 4.47. The minimum absolute atomic E-state index is 0.0470. The molecule has 0 unspecified atom stereocenters. The smallest absolute Gasteiger partial charge is 0.230 e. The average Bonchev–Trinajstić information content (AvgIpc) is 3.25. The fourth-order valence-electron chi connectivity index (χ4n) is 2.42. The zero-order chi connectivity index (χ0) is 30.3. The van der Waals surface area contributed by atoms with Gasteiger partial charge in [-0.2, -0.15) is 0 Å². The zero-order valence-electron chi connectivity index (χ0n) is 26.7. The molecule has 152 valence electrons. The van der Waals surface area contributed by atoms with Crippen LogP contribution in [0.3, 0.4) is 0 Å². The molecule has 0 bridgehead atoms. The molecule has 0 aliphatic rings. The number of carbonyl (C=O) groups is 1. The van der Waals surface area contributed by atoms with Gasteiger partial charge in [0, 0.05) is 13.8 Å². The standard InChI is InChI=1S/C23H27N3O2S/c1-16-6-10-18(11-7-16)21(27)5-3-2-4-17-8-12-19(13-9-17)25-22(28)14-20-15-29-23(24)26-20/h6-13,15,21,27H,2-5,14H2,1H3,(H2,24,26)(H,25,28)/t21-/m0/s1/i6D,7D,8D,9D,10D,11D,12D,13D,14D2,15D. The lowest BCUT2D eigenvalue weighted by Crippen LogP contribution is -2.14. The maximum Gasteiger partial charge on any atom is 0.230 e. The predicted octanol–water partition coefficient (Wildman–Crippen LogP) is 4.66. The Morgan fingerprint density at radius 3 is 2.62 bits per heavy atom. The number of nitrogens with one attached hydrogen (secondary N) is 1. The van der Waals surface area contributed by atoms with Crippen molar-refractivity contribution in [3.8, 4) is 0 Å². The molecule has 2 aromatic carbocycles. The Labute approximate surface area is 191 Å². The number of hydrogen-bond donors (Lipinski definition) is 3. The molecule has 1 aromatic heterocycles.